The van der Waals surface area contributed by atoms with Crippen LogP contribution in [0, 0.1) is 0 Å². The Hall–Kier alpha value is -0.870. The summed E-state index contributed by atoms with van der Waals surface area (Å²) in [6.45, 7) is 9.47. The highest BCUT2D eigenvalue weighted by Gasteiger charge is 2.26. The van der Waals surface area contributed by atoms with Crippen molar-refractivity contribution in [3.05, 3.63) is 17.5 Å². The maximum atomic E-state index is 5.90. The Balaban J connectivity index is 2.07. The quantitative estimate of drug-likeness (QED) is 0.795. The number of hydrogen-bond acceptors (Lipinski definition) is 3. The van der Waals surface area contributed by atoms with Gasteiger partial charge in [0.15, 0.2) is 0 Å². The summed E-state index contributed by atoms with van der Waals surface area (Å²) in [5.41, 5.74) is 2.54. The highest BCUT2D eigenvalue weighted by atomic mass is 16.5. The van der Waals surface area contributed by atoms with E-state index in [9.17, 15) is 0 Å². The number of aryl methyl sites for hydroxylation is 2. The predicted octanol–water partition coefficient (Wildman–Crippen LogP) is 2.56. The summed E-state index contributed by atoms with van der Waals surface area (Å²) in [4.78, 5) is 0. The van der Waals surface area contributed by atoms with Crippen LogP contribution in [0.3, 0.4) is 0 Å². The highest BCUT2D eigenvalue weighted by molar-refractivity contribution is 5.12. The first-order chi connectivity index (χ1) is 9.78. The monoisotopic (exact) mass is 279 g/mol. The molecule has 1 fully saturated rings. The first kappa shape index (κ1) is 15.5. The van der Waals surface area contributed by atoms with Crippen LogP contribution in [0.5, 0.6) is 0 Å². The lowest BCUT2D eigenvalue weighted by atomic mass is 10.0. The van der Waals surface area contributed by atoms with E-state index in [2.05, 4.69) is 41.9 Å². The van der Waals surface area contributed by atoms with Crippen LogP contribution < -0.4 is 5.32 Å². The van der Waals surface area contributed by atoms with Gasteiger partial charge in [-0.15, -0.1) is 0 Å². The fourth-order valence-electron chi connectivity index (χ4n) is 2.94. The smallest absolute Gasteiger partial charge is 0.0732 e. The summed E-state index contributed by atoms with van der Waals surface area (Å²) in [7, 11) is 0. The van der Waals surface area contributed by atoms with E-state index >= 15 is 0 Å². The number of nitrogens with zero attached hydrogens (tertiary/aromatic N) is 2. The molecule has 4 heteroatoms. The third-order valence-electron chi connectivity index (χ3n) is 4.07. The lowest BCUT2D eigenvalue weighted by Crippen LogP contribution is -2.42. The van der Waals surface area contributed by atoms with Crippen LogP contribution in [0.15, 0.2) is 6.07 Å². The molecule has 0 amide bonds. The number of aromatic nitrogens is 2. The van der Waals surface area contributed by atoms with E-state index in [0.29, 0.717) is 12.1 Å². The summed E-state index contributed by atoms with van der Waals surface area (Å²) in [6, 6.07) is 2.68. The molecule has 0 radical (unpaired) electrons. The van der Waals surface area contributed by atoms with Gasteiger partial charge in [0, 0.05) is 31.3 Å². The second-order valence-electron chi connectivity index (χ2n) is 5.61. The molecule has 20 heavy (non-hydrogen) atoms. The molecule has 4 nitrogen and oxygen atoms in total. The van der Waals surface area contributed by atoms with Crippen molar-refractivity contribution < 1.29 is 4.74 Å². The van der Waals surface area contributed by atoms with Gasteiger partial charge < -0.3 is 10.1 Å². The van der Waals surface area contributed by atoms with Gasteiger partial charge in [0.05, 0.1) is 11.8 Å². The first-order valence-corrected chi connectivity index (χ1v) is 8.19. The summed E-state index contributed by atoms with van der Waals surface area (Å²) in [5.74, 6) is 0. The Labute approximate surface area is 122 Å². The standard InChI is InChI=1S/C16H29N3O/c1-4-9-17-15(16-8-7-10-20-16)12-14-11-13(5-2)18-19(14)6-3/h11,15-17H,4-10,12H2,1-3H3. The molecule has 2 heterocycles. The molecule has 114 valence electrons. The molecule has 1 aliphatic rings. The lowest BCUT2D eigenvalue weighted by Gasteiger charge is -2.24. The minimum absolute atomic E-state index is 0.367. The highest BCUT2D eigenvalue weighted by Crippen LogP contribution is 2.19. The molecule has 0 bridgehead atoms. The SMILES string of the molecule is CCCNC(Cc1cc(CC)nn1CC)C1CCCO1. The molecule has 1 N–H and O–H groups in total. The Bertz CT molecular complexity index is 396. The van der Waals surface area contributed by atoms with Crippen molar-refractivity contribution in [1.82, 2.24) is 15.1 Å². The number of hydrogen-bond donors (Lipinski definition) is 1. The molecule has 1 aliphatic heterocycles. The maximum Gasteiger partial charge on any atom is 0.0732 e. The van der Waals surface area contributed by atoms with E-state index in [1.807, 2.05) is 0 Å². The zero-order valence-electron chi connectivity index (χ0n) is 13.2. The Morgan fingerprint density at radius 1 is 1.45 bits per heavy atom. The van der Waals surface area contributed by atoms with Gasteiger partial charge in [0.25, 0.3) is 0 Å². The van der Waals surface area contributed by atoms with Crippen LogP contribution in [0.25, 0.3) is 0 Å². The summed E-state index contributed by atoms with van der Waals surface area (Å²) >= 11 is 0. The third kappa shape index (κ3) is 3.83. The van der Waals surface area contributed by atoms with E-state index in [-0.39, 0.29) is 0 Å². The molecule has 0 spiro atoms. The molecular formula is C16H29N3O. The van der Waals surface area contributed by atoms with Crippen LogP contribution in [-0.4, -0.2) is 35.1 Å². The van der Waals surface area contributed by atoms with E-state index in [0.717, 1.165) is 39.0 Å². The van der Waals surface area contributed by atoms with Gasteiger partial charge in [-0.1, -0.05) is 13.8 Å². The minimum atomic E-state index is 0.367. The molecule has 2 unspecified atom stereocenters. The first-order valence-electron chi connectivity index (χ1n) is 8.19. The molecular weight excluding hydrogens is 250 g/mol. The van der Waals surface area contributed by atoms with E-state index in [1.165, 1.54) is 24.2 Å². The summed E-state index contributed by atoms with van der Waals surface area (Å²) in [5, 5.41) is 8.33. The average molecular weight is 279 g/mol. The zero-order valence-corrected chi connectivity index (χ0v) is 13.2. The minimum Gasteiger partial charge on any atom is -0.377 e. The van der Waals surface area contributed by atoms with Crippen molar-refractivity contribution in [3.63, 3.8) is 0 Å². The predicted molar refractivity (Wildman–Crippen MR) is 82.0 cm³/mol. The summed E-state index contributed by atoms with van der Waals surface area (Å²) < 4.78 is 8.05. The van der Waals surface area contributed by atoms with Gasteiger partial charge in [-0.2, -0.15) is 5.10 Å². The van der Waals surface area contributed by atoms with Crippen LogP contribution in [0.1, 0.15) is 51.4 Å². The van der Waals surface area contributed by atoms with Crippen molar-refractivity contribution in [1.29, 1.82) is 0 Å². The van der Waals surface area contributed by atoms with E-state index in [1.54, 1.807) is 0 Å². The number of ether oxygens (including phenoxy) is 1. The van der Waals surface area contributed by atoms with Crippen molar-refractivity contribution in [2.75, 3.05) is 13.2 Å². The van der Waals surface area contributed by atoms with Crippen molar-refractivity contribution in [3.8, 4) is 0 Å². The average Bonchev–Trinajstić information content (AvgIpc) is 3.12. The molecule has 1 saturated heterocycles. The fraction of sp³-hybridized carbons (Fsp3) is 0.812. The van der Waals surface area contributed by atoms with Gasteiger partial charge in [-0.25, -0.2) is 0 Å². The molecule has 0 saturated carbocycles. The van der Waals surface area contributed by atoms with E-state index < -0.39 is 0 Å². The molecule has 2 rings (SSSR count). The second kappa shape index (κ2) is 7.79. The Morgan fingerprint density at radius 2 is 2.30 bits per heavy atom. The van der Waals surface area contributed by atoms with Crippen LogP contribution in [-0.2, 0) is 24.1 Å². The molecule has 1 aromatic heterocycles. The molecule has 0 aromatic carbocycles. The number of nitrogens with one attached hydrogen (secondary N) is 1. The molecule has 2 atom stereocenters. The van der Waals surface area contributed by atoms with Gasteiger partial charge >= 0.3 is 0 Å². The second-order valence-corrected chi connectivity index (χ2v) is 5.61. The van der Waals surface area contributed by atoms with Crippen LogP contribution in [0.2, 0.25) is 0 Å². The van der Waals surface area contributed by atoms with Gasteiger partial charge in [0.1, 0.15) is 0 Å². The van der Waals surface area contributed by atoms with Crippen LogP contribution >= 0.6 is 0 Å². The third-order valence-corrected chi connectivity index (χ3v) is 4.07. The maximum absolute atomic E-state index is 5.90. The topological polar surface area (TPSA) is 39.1 Å². The largest absolute Gasteiger partial charge is 0.377 e. The number of rotatable bonds is 8. The van der Waals surface area contributed by atoms with Gasteiger partial charge in [-0.05, 0) is 45.2 Å². The Kier molecular flexibility index (Phi) is 6.05. The van der Waals surface area contributed by atoms with Crippen molar-refractivity contribution >= 4 is 0 Å². The normalized spacial score (nSPS) is 20.4. The van der Waals surface area contributed by atoms with Gasteiger partial charge in [-0.3, -0.25) is 4.68 Å². The van der Waals surface area contributed by atoms with Crippen LogP contribution in [0.4, 0.5) is 0 Å². The van der Waals surface area contributed by atoms with Crippen molar-refractivity contribution in [2.24, 2.45) is 0 Å². The van der Waals surface area contributed by atoms with Gasteiger partial charge in [0.2, 0.25) is 0 Å². The van der Waals surface area contributed by atoms with E-state index in [4.69, 9.17) is 4.74 Å². The fourth-order valence-corrected chi connectivity index (χ4v) is 2.94. The summed E-state index contributed by atoms with van der Waals surface area (Å²) in [6.07, 6.45) is 5.94. The molecule has 1 aromatic rings. The lowest BCUT2D eigenvalue weighted by molar-refractivity contribution is 0.0777. The van der Waals surface area contributed by atoms with Crippen molar-refractivity contribution in [2.45, 2.75) is 71.6 Å². The Morgan fingerprint density at radius 3 is 2.90 bits per heavy atom. The molecule has 0 aliphatic carbocycles. The zero-order chi connectivity index (χ0) is 14.4.